The highest BCUT2D eigenvalue weighted by molar-refractivity contribution is 7.80. The summed E-state index contributed by atoms with van der Waals surface area (Å²) in [6.07, 6.45) is 2.84. The van der Waals surface area contributed by atoms with Crippen molar-refractivity contribution in [2.75, 3.05) is 13.6 Å². The Morgan fingerprint density at radius 1 is 1.52 bits per heavy atom. The van der Waals surface area contributed by atoms with Crippen LogP contribution in [0.4, 0.5) is 4.39 Å². The van der Waals surface area contributed by atoms with Gasteiger partial charge in [-0.1, -0.05) is 30.8 Å². The zero-order chi connectivity index (χ0) is 15.4. The second-order valence-corrected chi connectivity index (χ2v) is 5.68. The number of nitrogens with one attached hydrogen (secondary N) is 1. The van der Waals surface area contributed by atoms with E-state index in [0.717, 1.165) is 25.8 Å². The van der Waals surface area contributed by atoms with Crippen LogP contribution in [0.5, 0.6) is 0 Å². The van der Waals surface area contributed by atoms with E-state index in [1.807, 2.05) is 4.90 Å². The van der Waals surface area contributed by atoms with Crippen molar-refractivity contribution >= 4 is 23.1 Å². The lowest BCUT2D eigenvalue weighted by molar-refractivity contribution is -0.127. The monoisotopic (exact) mass is 309 g/mol. The molecule has 1 atom stereocenters. The average Bonchev–Trinajstić information content (AvgIpc) is 2.49. The summed E-state index contributed by atoms with van der Waals surface area (Å²) >= 11 is 4.86. The van der Waals surface area contributed by atoms with E-state index in [2.05, 4.69) is 5.32 Å². The minimum Gasteiger partial charge on any atom is -0.389 e. The maximum absolute atomic E-state index is 14.4. The fourth-order valence-electron chi connectivity index (χ4n) is 2.75. The molecule has 0 aliphatic carbocycles. The van der Waals surface area contributed by atoms with Crippen molar-refractivity contribution in [2.24, 2.45) is 5.73 Å². The van der Waals surface area contributed by atoms with Crippen LogP contribution in [0.3, 0.4) is 0 Å². The summed E-state index contributed by atoms with van der Waals surface area (Å²) in [4.78, 5) is 14.0. The van der Waals surface area contributed by atoms with E-state index in [4.69, 9.17) is 18.0 Å². The van der Waals surface area contributed by atoms with Gasteiger partial charge in [-0.25, -0.2) is 4.39 Å². The SMILES string of the molecule is CNC(=O)C1CCCCN1Cc1cccc(C(N)=S)c1F. The number of nitrogens with two attached hydrogens (primary N) is 1. The number of carbonyl (C=O) groups is 1. The van der Waals surface area contributed by atoms with Crippen LogP contribution >= 0.6 is 12.2 Å². The molecule has 114 valence electrons. The van der Waals surface area contributed by atoms with Crippen LogP contribution in [0.2, 0.25) is 0 Å². The summed E-state index contributed by atoms with van der Waals surface area (Å²) < 4.78 is 14.4. The molecule has 4 nitrogen and oxygen atoms in total. The Morgan fingerprint density at radius 2 is 2.29 bits per heavy atom. The maximum Gasteiger partial charge on any atom is 0.237 e. The molecule has 1 aliphatic rings. The molecule has 1 saturated heterocycles. The van der Waals surface area contributed by atoms with E-state index in [1.165, 1.54) is 0 Å². The Labute approximate surface area is 129 Å². The molecule has 1 aromatic carbocycles. The molecule has 1 aromatic rings. The molecule has 2 rings (SSSR count). The zero-order valence-corrected chi connectivity index (χ0v) is 12.9. The number of likely N-dealkylation sites (tertiary alicyclic amines) is 1. The van der Waals surface area contributed by atoms with Crippen LogP contribution < -0.4 is 11.1 Å². The quantitative estimate of drug-likeness (QED) is 0.829. The number of hydrogen-bond donors (Lipinski definition) is 2. The number of amides is 1. The molecule has 1 heterocycles. The van der Waals surface area contributed by atoms with Crippen molar-refractivity contribution in [3.63, 3.8) is 0 Å². The van der Waals surface area contributed by atoms with Gasteiger partial charge in [0.05, 0.1) is 6.04 Å². The Balaban J connectivity index is 2.21. The normalized spacial score (nSPS) is 19.2. The predicted molar refractivity (Wildman–Crippen MR) is 84.4 cm³/mol. The highest BCUT2D eigenvalue weighted by Crippen LogP contribution is 2.22. The highest BCUT2D eigenvalue weighted by atomic mass is 32.1. The van der Waals surface area contributed by atoms with Crippen LogP contribution in [0.25, 0.3) is 0 Å². The van der Waals surface area contributed by atoms with Crippen LogP contribution in [0, 0.1) is 5.82 Å². The zero-order valence-electron chi connectivity index (χ0n) is 12.1. The first-order chi connectivity index (χ1) is 10.0. The van der Waals surface area contributed by atoms with Crippen LogP contribution in [0.15, 0.2) is 18.2 Å². The summed E-state index contributed by atoms with van der Waals surface area (Å²) in [6.45, 7) is 1.18. The second kappa shape index (κ2) is 6.95. The molecule has 1 unspecified atom stereocenters. The number of nitrogens with zero attached hydrogens (tertiary/aromatic N) is 1. The van der Waals surface area contributed by atoms with E-state index >= 15 is 0 Å². The standard InChI is InChI=1S/C15H20FN3OS/c1-18-15(20)12-7-2-3-8-19(12)9-10-5-4-6-11(13(10)16)14(17)21/h4-6,12H,2-3,7-9H2,1H3,(H2,17,21)(H,18,20). The van der Waals surface area contributed by atoms with Crippen molar-refractivity contribution in [2.45, 2.75) is 31.8 Å². The Bertz CT molecular complexity index is 550. The summed E-state index contributed by atoms with van der Waals surface area (Å²) in [7, 11) is 1.63. The Hall–Kier alpha value is -1.53. The number of piperidine rings is 1. The third-order valence-corrected chi connectivity index (χ3v) is 4.10. The molecule has 0 aromatic heterocycles. The van der Waals surface area contributed by atoms with Gasteiger partial charge in [-0.2, -0.15) is 0 Å². The van der Waals surface area contributed by atoms with Crippen molar-refractivity contribution in [1.29, 1.82) is 0 Å². The molecule has 3 N–H and O–H groups in total. The number of thiocarbonyl (C=S) groups is 1. The number of hydrogen-bond acceptors (Lipinski definition) is 3. The van der Waals surface area contributed by atoms with Gasteiger partial charge < -0.3 is 11.1 Å². The maximum atomic E-state index is 14.4. The summed E-state index contributed by atoms with van der Waals surface area (Å²) in [6, 6.07) is 4.84. The first-order valence-corrected chi connectivity index (χ1v) is 7.48. The average molecular weight is 309 g/mol. The number of carbonyl (C=O) groups excluding carboxylic acids is 1. The fourth-order valence-corrected chi connectivity index (χ4v) is 2.91. The first kappa shape index (κ1) is 15.9. The van der Waals surface area contributed by atoms with Gasteiger partial charge in [0, 0.05) is 24.7 Å². The van der Waals surface area contributed by atoms with Gasteiger partial charge in [0.1, 0.15) is 10.8 Å². The van der Waals surface area contributed by atoms with Gasteiger partial charge >= 0.3 is 0 Å². The summed E-state index contributed by atoms with van der Waals surface area (Å²) in [5.41, 5.74) is 6.31. The predicted octanol–water partition coefficient (Wildman–Crippen LogP) is 1.56. The molecule has 1 aliphatic heterocycles. The largest absolute Gasteiger partial charge is 0.389 e. The van der Waals surface area contributed by atoms with E-state index in [9.17, 15) is 9.18 Å². The smallest absolute Gasteiger partial charge is 0.237 e. The van der Waals surface area contributed by atoms with Crippen molar-refractivity contribution in [3.8, 4) is 0 Å². The molecular weight excluding hydrogens is 289 g/mol. The molecule has 6 heteroatoms. The van der Waals surface area contributed by atoms with Gasteiger partial charge in [-0.15, -0.1) is 0 Å². The molecule has 0 bridgehead atoms. The molecular formula is C15H20FN3OS. The van der Waals surface area contributed by atoms with E-state index in [1.54, 1.807) is 25.2 Å². The van der Waals surface area contributed by atoms with Gasteiger partial charge in [0.2, 0.25) is 5.91 Å². The molecule has 0 radical (unpaired) electrons. The highest BCUT2D eigenvalue weighted by Gasteiger charge is 2.28. The van der Waals surface area contributed by atoms with E-state index in [-0.39, 0.29) is 28.3 Å². The number of likely N-dealkylation sites (N-methyl/N-ethyl adjacent to an activating group) is 1. The minimum absolute atomic E-state index is 0.0133. The van der Waals surface area contributed by atoms with Crippen LogP contribution in [0.1, 0.15) is 30.4 Å². The van der Waals surface area contributed by atoms with Crippen molar-refractivity contribution in [1.82, 2.24) is 10.2 Å². The summed E-state index contributed by atoms with van der Waals surface area (Å²) in [5.74, 6) is -0.396. The molecule has 0 saturated carbocycles. The van der Waals surface area contributed by atoms with Crippen molar-refractivity contribution in [3.05, 3.63) is 35.1 Å². The Kier molecular flexibility index (Phi) is 5.25. The lowest BCUT2D eigenvalue weighted by atomic mass is 10.00. The van der Waals surface area contributed by atoms with Gasteiger partial charge in [0.15, 0.2) is 0 Å². The lowest BCUT2D eigenvalue weighted by Gasteiger charge is -2.34. The molecule has 1 amide bonds. The lowest BCUT2D eigenvalue weighted by Crippen LogP contribution is -2.48. The Morgan fingerprint density at radius 3 is 2.95 bits per heavy atom. The van der Waals surface area contributed by atoms with Gasteiger partial charge in [0.25, 0.3) is 0 Å². The fraction of sp³-hybridized carbons (Fsp3) is 0.467. The minimum atomic E-state index is -0.383. The topological polar surface area (TPSA) is 58.4 Å². The van der Waals surface area contributed by atoms with E-state index < -0.39 is 0 Å². The molecule has 21 heavy (non-hydrogen) atoms. The summed E-state index contributed by atoms with van der Waals surface area (Å²) in [5, 5.41) is 2.68. The second-order valence-electron chi connectivity index (χ2n) is 5.24. The van der Waals surface area contributed by atoms with Crippen LogP contribution in [-0.4, -0.2) is 35.4 Å². The van der Waals surface area contributed by atoms with Gasteiger partial charge in [-0.05, 0) is 25.5 Å². The van der Waals surface area contributed by atoms with E-state index in [0.29, 0.717) is 12.1 Å². The van der Waals surface area contributed by atoms with Crippen LogP contribution in [-0.2, 0) is 11.3 Å². The van der Waals surface area contributed by atoms with Crippen molar-refractivity contribution < 1.29 is 9.18 Å². The third-order valence-electron chi connectivity index (χ3n) is 3.88. The van der Waals surface area contributed by atoms with Gasteiger partial charge in [-0.3, -0.25) is 9.69 Å². The number of rotatable bonds is 4. The third kappa shape index (κ3) is 3.57. The molecule has 1 fully saturated rings. The number of halogens is 1. The number of benzene rings is 1. The first-order valence-electron chi connectivity index (χ1n) is 7.07. The molecule has 0 spiro atoms.